The second-order valence-electron chi connectivity index (χ2n) is 5.56. The van der Waals surface area contributed by atoms with Crippen molar-refractivity contribution in [1.82, 2.24) is 20.3 Å². The number of fused-ring (bicyclic) bond motifs is 1. The van der Waals surface area contributed by atoms with E-state index in [0.717, 1.165) is 0 Å². The molecule has 0 spiro atoms. The third kappa shape index (κ3) is 3.41. The smallest absolute Gasteiger partial charge is 0.246 e. The van der Waals surface area contributed by atoms with Crippen LogP contribution in [-0.2, 0) is 11.3 Å². The Hall–Kier alpha value is -3.06. The van der Waals surface area contributed by atoms with E-state index in [0.29, 0.717) is 27.2 Å². The first kappa shape index (κ1) is 16.8. The number of phenols is 2. The number of hydrogen-bond donors (Lipinski definition) is 3. The largest absolute Gasteiger partial charge is 0.507 e. The SMILES string of the molecule is C=C(C)C(=O)NCc1cc(-n2nc3ccc(Cl)cc3n2)c(O)cc1O. The van der Waals surface area contributed by atoms with Crippen molar-refractivity contribution in [3.8, 4) is 17.2 Å². The molecule has 0 bridgehead atoms. The molecular weight excluding hydrogens is 344 g/mol. The number of amides is 1. The molecule has 1 heterocycles. The molecule has 3 N–H and O–H groups in total. The fraction of sp³-hybridized carbons (Fsp3) is 0.118. The Morgan fingerprint density at radius 2 is 1.92 bits per heavy atom. The van der Waals surface area contributed by atoms with Gasteiger partial charge in [0.05, 0.1) is 0 Å². The summed E-state index contributed by atoms with van der Waals surface area (Å²) in [4.78, 5) is 12.9. The zero-order valence-corrected chi connectivity index (χ0v) is 14.1. The minimum absolute atomic E-state index is 0.0669. The van der Waals surface area contributed by atoms with Crippen LogP contribution in [0.4, 0.5) is 0 Å². The predicted molar refractivity (Wildman–Crippen MR) is 93.9 cm³/mol. The number of halogens is 1. The molecule has 0 aliphatic carbocycles. The molecule has 3 rings (SSSR count). The highest BCUT2D eigenvalue weighted by Crippen LogP contribution is 2.30. The van der Waals surface area contributed by atoms with Crippen molar-refractivity contribution in [3.63, 3.8) is 0 Å². The Balaban J connectivity index is 1.98. The maximum Gasteiger partial charge on any atom is 0.246 e. The summed E-state index contributed by atoms with van der Waals surface area (Å²) in [5.74, 6) is -0.673. The summed E-state index contributed by atoms with van der Waals surface area (Å²) in [7, 11) is 0. The standard InChI is InChI=1S/C17H15ClN4O3/c1-9(2)17(25)19-8-10-5-14(16(24)7-15(10)23)22-20-12-4-3-11(18)6-13(12)21-22/h3-7,23-24H,1,8H2,2H3,(H,19,25). The number of aromatic hydroxyl groups is 2. The van der Waals surface area contributed by atoms with Gasteiger partial charge in [0.15, 0.2) is 0 Å². The van der Waals surface area contributed by atoms with Gasteiger partial charge in [0.25, 0.3) is 0 Å². The molecule has 0 saturated heterocycles. The van der Waals surface area contributed by atoms with Gasteiger partial charge in [0.1, 0.15) is 28.2 Å². The Morgan fingerprint density at radius 3 is 2.64 bits per heavy atom. The highest BCUT2D eigenvalue weighted by atomic mass is 35.5. The molecule has 0 radical (unpaired) electrons. The zero-order chi connectivity index (χ0) is 18.1. The van der Waals surface area contributed by atoms with Gasteiger partial charge in [-0.2, -0.15) is 0 Å². The highest BCUT2D eigenvalue weighted by Gasteiger charge is 2.14. The zero-order valence-electron chi connectivity index (χ0n) is 13.3. The van der Waals surface area contributed by atoms with Gasteiger partial charge in [-0.3, -0.25) is 4.79 Å². The van der Waals surface area contributed by atoms with Gasteiger partial charge in [0.2, 0.25) is 5.91 Å². The van der Waals surface area contributed by atoms with Crippen LogP contribution in [0, 0.1) is 0 Å². The van der Waals surface area contributed by atoms with Crippen LogP contribution in [0.15, 0.2) is 42.5 Å². The quantitative estimate of drug-likeness (QED) is 0.622. The van der Waals surface area contributed by atoms with Gasteiger partial charge in [-0.25, -0.2) is 0 Å². The van der Waals surface area contributed by atoms with Crippen LogP contribution < -0.4 is 5.32 Å². The van der Waals surface area contributed by atoms with E-state index in [9.17, 15) is 15.0 Å². The molecule has 2 aromatic carbocycles. The number of aromatic nitrogens is 3. The van der Waals surface area contributed by atoms with Crippen LogP contribution in [-0.4, -0.2) is 31.1 Å². The maximum atomic E-state index is 11.6. The minimum atomic E-state index is -0.327. The molecule has 128 valence electrons. The normalized spacial score (nSPS) is 10.8. The molecule has 1 aromatic heterocycles. The first-order chi connectivity index (χ1) is 11.8. The van der Waals surface area contributed by atoms with Gasteiger partial charge in [-0.1, -0.05) is 18.2 Å². The van der Waals surface area contributed by atoms with Crippen LogP contribution in [0.25, 0.3) is 16.7 Å². The van der Waals surface area contributed by atoms with Crippen LogP contribution in [0.1, 0.15) is 12.5 Å². The summed E-state index contributed by atoms with van der Waals surface area (Å²) in [6, 6.07) is 7.75. The van der Waals surface area contributed by atoms with Crippen molar-refractivity contribution in [3.05, 3.63) is 53.1 Å². The fourth-order valence-corrected chi connectivity index (χ4v) is 2.40. The number of nitrogens with zero attached hydrogens (tertiary/aromatic N) is 3. The van der Waals surface area contributed by atoms with E-state index in [1.807, 2.05) is 0 Å². The van der Waals surface area contributed by atoms with Gasteiger partial charge < -0.3 is 15.5 Å². The molecular formula is C17H15ClN4O3. The van der Waals surface area contributed by atoms with Crippen molar-refractivity contribution in [1.29, 1.82) is 0 Å². The molecule has 7 nitrogen and oxygen atoms in total. The molecule has 0 atom stereocenters. The lowest BCUT2D eigenvalue weighted by Gasteiger charge is -2.10. The van der Waals surface area contributed by atoms with Crippen LogP contribution in [0.3, 0.4) is 0 Å². The van der Waals surface area contributed by atoms with Crippen LogP contribution in [0.2, 0.25) is 5.02 Å². The highest BCUT2D eigenvalue weighted by molar-refractivity contribution is 6.31. The molecule has 0 saturated carbocycles. The second-order valence-corrected chi connectivity index (χ2v) is 5.99. The number of carbonyl (C=O) groups excluding carboxylic acids is 1. The molecule has 3 aromatic rings. The van der Waals surface area contributed by atoms with Crippen LogP contribution in [0.5, 0.6) is 11.5 Å². The summed E-state index contributed by atoms with van der Waals surface area (Å²) >= 11 is 5.94. The topological polar surface area (TPSA) is 100 Å². The fourth-order valence-electron chi connectivity index (χ4n) is 2.23. The summed E-state index contributed by atoms with van der Waals surface area (Å²) in [6.07, 6.45) is 0. The van der Waals surface area contributed by atoms with Gasteiger partial charge in [-0.15, -0.1) is 15.0 Å². The number of carbonyl (C=O) groups is 1. The van der Waals surface area contributed by atoms with E-state index in [1.165, 1.54) is 16.9 Å². The van der Waals surface area contributed by atoms with E-state index in [2.05, 4.69) is 22.1 Å². The van der Waals surface area contributed by atoms with Crippen molar-refractivity contribution >= 4 is 28.5 Å². The van der Waals surface area contributed by atoms with Gasteiger partial charge in [0, 0.05) is 28.8 Å². The Kier molecular flexibility index (Phi) is 4.33. The Labute approximate surface area is 148 Å². The maximum absolute atomic E-state index is 11.6. The van der Waals surface area contributed by atoms with E-state index >= 15 is 0 Å². The molecule has 8 heteroatoms. The number of nitrogens with one attached hydrogen (secondary N) is 1. The van der Waals surface area contributed by atoms with E-state index < -0.39 is 0 Å². The van der Waals surface area contributed by atoms with E-state index in [-0.39, 0.29) is 29.6 Å². The number of phenolic OH excluding ortho intramolecular Hbond substituents is 2. The van der Waals surface area contributed by atoms with E-state index in [4.69, 9.17) is 11.6 Å². The molecule has 1 amide bonds. The predicted octanol–water partition coefficient (Wildman–Crippen LogP) is 2.68. The average molecular weight is 359 g/mol. The van der Waals surface area contributed by atoms with Crippen LogP contribution >= 0.6 is 11.6 Å². The average Bonchev–Trinajstić information content (AvgIpc) is 2.96. The first-order valence-electron chi connectivity index (χ1n) is 7.36. The van der Waals surface area contributed by atoms with Gasteiger partial charge in [-0.05, 0) is 31.2 Å². The molecule has 0 unspecified atom stereocenters. The molecule has 0 aliphatic heterocycles. The minimum Gasteiger partial charge on any atom is -0.507 e. The summed E-state index contributed by atoms with van der Waals surface area (Å²) in [5.41, 5.74) is 2.20. The third-order valence-corrected chi connectivity index (χ3v) is 3.80. The number of benzene rings is 2. The Morgan fingerprint density at radius 1 is 1.20 bits per heavy atom. The lowest BCUT2D eigenvalue weighted by Crippen LogP contribution is -2.23. The lowest BCUT2D eigenvalue weighted by atomic mass is 10.1. The van der Waals surface area contributed by atoms with Crippen molar-refractivity contribution in [2.24, 2.45) is 0 Å². The van der Waals surface area contributed by atoms with Gasteiger partial charge >= 0.3 is 0 Å². The molecule has 25 heavy (non-hydrogen) atoms. The number of hydrogen-bond acceptors (Lipinski definition) is 5. The number of rotatable bonds is 4. The monoisotopic (exact) mass is 358 g/mol. The molecule has 0 aliphatic rings. The molecule has 0 fully saturated rings. The lowest BCUT2D eigenvalue weighted by molar-refractivity contribution is -0.117. The van der Waals surface area contributed by atoms with E-state index in [1.54, 1.807) is 25.1 Å². The van der Waals surface area contributed by atoms with Crippen molar-refractivity contribution in [2.45, 2.75) is 13.5 Å². The van der Waals surface area contributed by atoms with Crippen molar-refractivity contribution in [2.75, 3.05) is 0 Å². The third-order valence-electron chi connectivity index (χ3n) is 3.56. The van der Waals surface area contributed by atoms with Crippen molar-refractivity contribution < 1.29 is 15.0 Å². The summed E-state index contributed by atoms with van der Waals surface area (Å²) < 4.78 is 0. The summed E-state index contributed by atoms with van der Waals surface area (Å²) in [6.45, 7) is 5.20. The summed E-state index contributed by atoms with van der Waals surface area (Å²) in [5, 5.41) is 31.8. The first-order valence-corrected chi connectivity index (χ1v) is 7.74. The Bertz CT molecular complexity index is 997. The second kappa shape index (κ2) is 6.45.